The monoisotopic (exact) mass is 501 g/mol. The van der Waals surface area contributed by atoms with Gasteiger partial charge in [0, 0.05) is 19.5 Å². The van der Waals surface area contributed by atoms with Gasteiger partial charge in [-0.15, -0.1) is 0 Å². The van der Waals surface area contributed by atoms with Gasteiger partial charge in [-0.3, -0.25) is 9.59 Å². The molecular formula is C26H35N3O5S. The largest absolute Gasteiger partial charge is 0.497 e. The normalized spacial score (nSPS) is 18.2. The molecule has 1 aliphatic heterocycles. The minimum Gasteiger partial charge on any atom is -0.497 e. The molecule has 0 aromatic heterocycles. The highest BCUT2D eigenvalue weighted by molar-refractivity contribution is 7.89. The Hall–Kier alpha value is -2.91. The number of carbonyl (C=O) groups excluding carboxylic acids is 2. The fourth-order valence-electron chi connectivity index (χ4n) is 4.81. The van der Waals surface area contributed by atoms with Gasteiger partial charge in [0.2, 0.25) is 11.8 Å². The fraction of sp³-hybridized carbons (Fsp3) is 0.462. The molecule has 1 fully saturated rings. The van der Waals surface area contributed by atoms with E-state index in [9.17, 15) is 18.0 Å². The predicted molar refractivity (Wildman–Crippen MR) is 134 cm³/mol. The Kier molecular flexibility index (Phi) is 8.56. The molecule has 1 heterocycles. The maximum absolute atomic E-state index is 13.6. The molecule has 9 heteroatoms. The van der Waals surface area contributed by atoms with Gasteiger partial charge < -0.3 is 15.4 Å². The first-order valence-corrected chi connectivity index (χ1v) is 13.3. The number of nitrogens with zero attached hydrogens (tertiary/aromatic N) is 2. The lowest BCUT2D eigenvalue weighted by atomic mass is 9.75. The standard InChI is InChI=1S/C26H35N3O5S/c1-20(2)17-26(14-16-28(25(26)31)15-13-21-7-5-4-6-8-21)18-24(30)29(19-27)35(32,33)23-11-9-22(34-3)10-12-23/h4-12,20H,13-19,27H2,1-3H3. The van der Waals surface area contributed by atoms with Crippen LogP contribution in [0.1, 0.15) is 38.7 Å². The molecule has 190 valence electrons. The van der Waals surface area contributed by atoms with Crippen molar-refractivity contribution >= 4 is 21.8 Å². The Morgan fingerprint density at radius 1 is 1.14 bits per heavy atom. The molecular weight excluding hydrogens is 466 g/mol. The number of hydrogen-bond acceptors (Lipinski definition) is 6. The van der Waals surface area contributed by atoms with Gasteiger partial charge in [-0.2, -0.15) is 0 Å². The second-order valence-corrected chi connectivity index (χ2v) is 11.3. The number of hydrogen-bond donors (Lipinski definition) is 1. The highest BCUT2D eigenvalue weighted by Crippen LogP contribution is 2.42. The van der Waals surface area contributed by atoms with E-state index in [0.717, 1.165) is 12.0 Å². The molecule has 35 heavy (non-hydrogen) atoms. The number of methoxy groups -OCH3 is 1. The smallest absolute Gasteiger partial charge is 0.267 e. The Morgan fingerprint density at radius 3 is 2.37 bits per heavy atom. The van der Waals surface area contributed by atoms with Gasteiger partial charge in [0.05, 0.1) is 24.1 Å². The van der Waals surface area contributed by atoms with E-state index < -0.39 is 28.0 Å². The van der Waals surface area contributed by atoms with Crippen molar-refractivity contribution in [3.05, 3.63) is 60.2 Å². The van der Waals surface area contributed by atoms with Crippen molar-refractivity contribution in [2.45, 2.75) is 44.4 Å². The van der Waals surface area contributed by atoms with Crippen molar-refractivity contribution in [3.8, 4) is 5.75 Å². The zero-order valence-electron chi connectivity index (χ0n) is 20.6. The average molecular weight is 502 g/mol. The summed E-state index contributed by atoms with van der Waals surface area (Å²) in [6.07, 6.45) is 1.53. The van der Waals surface area contributed by atoms with Crippen LogP contribution in [0.15, 0.2) is 59.5 Å². The van der Waals surface area contributed by atoms with Crippen LogP contribution < -0.4 is 10.5 Å². The van der Waals surface area contributed by atoms with E-state index in [1.165, 1.54) is 31.4 Å². The third-order valence-electron chi connectivity index (χ3n) is 6.49. The summed E-state index contributed by atoms with van der Waals surface area (Å²) in [6.45, 7) is 4.60. The van der Waals surface area contributed by atoms with E-state index in [1.54, 1.807) is 4.90 Å². The quantitative estimate of drug-likeness (QED) is 0.474. The van der Waals surface area contributed by atoms with Crippen molar-refractivity contribution in [2.24, 2.45) is 17.1 Å². The van der Waals surface area contributed by atoms with E-state index >= 15 is 0 Å². The molecule has 3 rings (SSSR count). The van der Waals surface area contributed by atoms with Gasteiger partial charge in [-0.1, -0.05) is 44.2 Å². The fourth-order valence-corrected chi connectivity index (χ4v) is 6.07. The first kappa shape index (κ1) is 26.7. The van der Waals surface area contributed by atoms with Crippen molar-refractivity contribution in [3.63, 3.8) is 0 Å². The first-order chi connectivity index (χ1) is 16.6. The molecule has 2 amide bonds. The molecule has 1 saturated heterocycles. The van der Waals surface area contributed by atoms with Crippen LogP contribution in [0.4, 0.5) is 0 Å². The number of carbonyl (C=O) groups is 2. The Bertz CT molecular complexity index is 1120. The highest BCUT2D eigenvalue weighted by atomic mass is 32.2. The second kappa shape index (κ2) is 11.2. The summed E-state index contributed by atoms with van der Waals surface area (Å²) in [7, 11) is -2.69. The van der Waals surface area contributed by atoms with E-state index in [1.807, 2.05) is 44.2 Å². The lowest BCUT2D eigenvalue weighted by Gasteiger charge is -2.31. The van der Waals surface area contributed by atoms with Crippen LogP contribution in [0.2, 0.25) is 0 Å². The zero-order valence-corrected chi connectivity index (χ0v) is 21.5. The van der Waals surface area contributed by atoms with Gasteiger partial charge in [-0.05, 0) is 55.0 Å². The van der Waals surface area contributed by atoms with Crippen LogP contribution in [0.5, 0.6) is 5.75 Å². The lowest BCUT2D eigenvalue weighted by Crippen LogP contribution is -2.45. The number of amides is 2. The minimum absolute atomic E-state index is 0.0581. The van der Waals surface area contributed by atoms with Gasteiger partial charge in [0.15, 0.2) is 0 Å². The van der Waals surface area contributed by atoms with Crippen molar-refractivity contribution in [2.75, 3.05) is 26.9 Å². The second-order valence-electron chi connectivity index (χ2n) is 9.44. The summed E-state index contributed by atoms with van der Waals surface area (Å²) in [5.74, 6) is -0.0977. The highest BCUT2D eigenvalue weighted by Gasteiger charge is 2.49. The molecule has 0 saturated carbocycles. The molecule has 2 aromatic rings. The summed E-state index contributed by atoms with van der Waals surface area (Å²) in [6, 6.07) is 15.7. The van der Waals surface area contributed by atoms with E-state index in [4.69, 9.17) is 10.5 Å². The van der Waals surface area contributed by atoms with Gasteiger partial charge in [0.25, 0.3) is 10.0 Å². The Morgan fingerprint density at radius 2 is 1.80 bits per heavy atom. The maximum atomic E-state index is 13.6. The van der Waals surface area contributed by atoms with E-state index in [0.29, 0.717) is 36.0 Å². The van der Waals surface area contributed by atoms with E-state index in [-0.39, 0.29) is 23.1 Å². The van der Waals surface area contributed by atoms with Crippen LogP contribution >= 0.6 is 0 Å². The molecule has 1 atom stereocenters. The van der Waals surface area contributed by atoms with Crippen LogP contribution in [-0.2, 0) is 26.0 Å². The Labute approximate surface area is 208 Å². The summed E-state index contributed by atoms with van der Waals surface area (Å²) >= 11 is 0. The van der Waals surface area contributed by atoms with Crippen molar-refractivity contribution in [1.82, 2.24) is 9.21 Å². The van der Waals surface area contributed by atoms with Gasteiger partial charge >= 0.3 is 0 Å². The van der Waals surface area contributed by atoms with Gasteiger partial charge in [0.1, 0.15) is 5.75 Å². The summed E-state index contributed by atoms with van der Waals surface area (Å²) in [5, 5.41) is 0. The van der Waals surface area contributed by atoms with Crippen molar-refractivity contribution in [1.29, 1.82) is 0 Å². The van der Waals surface area contributed by atoms with Crippen LogP contribution in [-0.4, -0.2) is 56.3 Å². The van der Waals surface area contributed by atoms with Gasteiger partial charge in [-0.25, -0.2) is 12.7 Å². The molecule has 8 nitrogen and oxygen atoms in total. The van der Waals surface area contributed by atoms with Crippen LogP contribution in [0, 0.1) is 11.3 Å². The summed E-state index contributed by atoms with van der Waals surface area (Å²) < 4.78 is 32.2. The lowest BCUT2D eigenvalue weighted by molar-refractivity contribution is -0.142. The maximum Gasteiger partial charge on any atom is 0.267 e. The van der Waals surface area contributed by atoms with E-state index in [2.05, 4.69) is 0 Å². The Balaban J connectivity index is 1.79. The zero-order chi connectivity index (χ0) is 25.6. The van der Waals surface area contributed by atoms with Crippen LogP contribution in [0.25, 0.3) is 0 Å². The number of nitrogens with two attached hydrogens (primary N) is 1. The molecule has 0 aliphatic carbocycles. The van der Waals surface area contributed by atoms with Crippen molar-refractivity contribution < 1.29 is 22.7 Å². The molecule has 1 unspecified atom stereocenters. The molecule has 1 aliphatic rings. The SMILES string of the molecule is COc1ccc(S(=O)(=O)N(CN)C(=O)CC2(CC(C)C)CCN(CCc3ccccc3)C2=O)cc1. The number of rotatable bonds is 11. The third-order valence-corrected chi connectivity index (χ3v) is 8.30. The summed E-state index contributed by atoms with van der Waals surface area (Å²) in [4.78, 5) is 28.7. The minimum atomic E-state index is -4.17. The molecule has 2 aromatic carbocycles. The first-order valence-electron chi connectivity index (χ1n) is 11.9. The molecule has 0 spiro atoms. The number of sulfonamides is 1. The number of benzene rings is 2. The van der Waals surface area contributed by atoms with Crippen LogP contribution in [0.3, 0.4) is 0 Å². The molecule has 0 bridgehead atoms. The topological polar surface area (TPSA) is 110 Å². The molecule has 2 N–H and O–H groups in total. The average Bonchev–Trinajstić information content (AvgIpc) is 3.12. The third kappa shape index (κ3) is 6.02. The summed E-state index contributed by atoms with van der Waals surface area (Å²) in [5.41, 5.74) is 5.95. The number of ether oxygens (including phenoxy) is 1. The molecule has 0 radical (unpaired) electrons. The predicted octanol–water partition coefficient (Wildman–Crippen LogP) is 3.03. The number of likely N-dealkylation sites (tertiary alicyclic amines) is 1.